The first kappa shape index (κ1) is 15.0. The van der Waals surface area contributed by atoms with E-state index in [2.05, 4.69) is 25.7 Å². The molecule has 1 saturated carbocycles. The van der Waals surface area contributed by atoms with Crippen molar-refractivity contribution in [1.29, 1.82) is 0 Å². The monoisotopic (exact) mass is 325 g/mol. The molecule has 0 saturated heterocycles. The molecular weight excluding hydrogens is 306 g/mol. The van der Waals surface area contributed by atoms with Crippen LogP contribution in [0.1, 0.15) is 23.7 Å². The number of hydrogen-bond donors (Lipinski definition) is 2. The summed E-state index contributed by atoms with van der Waals surface area (Å²) in [7, 11) is 0. The number of aliphatic hydroxyl groups is 1. The van der Waals surface area contributed by atoms with Crippen LogP contribution in [-0.4, -0.2) is 47.0 Å². The molecule has 0 amide bonds. The number of nitrogens with zero attached hydrogens (tertiary/aromatic N) is 6. The third-order valence-electron chi connectivity index (χ3n) is 4.33. The van der Waals surface area contributed by atoms with Gasteiger partial charge in [-0.05, 0) is 24.1 Å². The maximum Gasteiger partial charge on any atom is 0.0965 e. The van der Waals surface area contributed by atoms with Crippen LogP contribution in [0.15, 0.2) is 49.2 Å². The van der Waals surface area contributed by atoms with Crippen LogP contribution in [0.5, 0.6) is 0 Å². The van der Waals surface area contributed by atoms with Gasteiger partial charge in [0.2, 0.25) is 0 Å². The molecule has 3 aromatic heterocycles. The smallest absolute Gasteiger partial charge is 0.0965 e. The summed E-state index contributed by atoms with van der Waals surface area (Å²) >= 11 is 0. The molecule has 0 radical (unpaired) electrons. The summed E-state index contributed by atoms with van der Waals surface area (Å²) in [6.07, 6.45) is 9.47. The maximum atomic E-state index is 9.98. The first-order chi connectivity index (χ1) is 11.8. The van der Waals surface area contributed by atoms with E-state index in [1.165, 1.54) is 0 Å². The molecule has 8 nitrogen and oxygen atoms in total. The molecule has 8 heteroatoms. The van der Waals surface area contributed by atoms with E-state index in [1.807, 2.05) is 41.5 Å². The second-order valence-electron chi connectivity index (χ2n) is 6.04. The summed E-state index contributed by atoms with van der Waals surface area (Å²) in [4.78, 5) is 4.10. The molecule has 2 N–H and O–H groups in total. The van der Waals surface area contributed by atoms with Crippen molar-refractivity contribution in [1.82, 2.24) is 35.1 Å². The topological polar surface area (TPSA) is 93.7 Å². The zero-order valence-electron chi connectivity index (χ0n) is 13.1. The molecule has 4 rings (SSSR count). The number of pyridine rings is 1. The van der Waals surface area contributed by atoms with Crippen molar-refractivity contribution in [3.05, 3.63) is 60.4 Å². The number of nitrogens with one attached hydrogen (secondary N) is 1. The predicted octanol–water partition coefficient (Wildman–Crippen LogP) is 0.382. The molecule has 3 heterocycles. The highest BCUT2D eigenvalue weighted by molar-refractivity contribution is 5.09. The lowest BCUT2D eigenvalue weighted by Crippen LogP contribution is -2.54. The van der Waals surface area contributed by atoms with Gasteiger partial charge in [-0.25, -0.2) is 4.68 Å². The van der Waals surface area contributed by atoms with E-state index in [9.17, 15) is 5.11 Å². The first-order valence-corrected chi connectivity index (χ1v) is 7.98. The fourth-order valence-corrected chi connectivity index (χ4v) is 3.04. The summed E-state index contributed by atoms with van der Waals surface area (Å²) in [6, 6.07) is 5.95. The Labute approximate surface area is 139 Å². The first-order valence-electron chi connectivity index (χ1n) is 7.98. The van der Waals surface area contributed by atoms with Gasteiger partial charge in [0.1, 0.15) is 0 Å². The highest BCUT2D eigenvalue weighted by Gasteiger charge is 2.41. The second-order valence-corrected chi connectivity index (χ2v) is 6.04. The lowest BCUT2D eigenvalue weighted by molar-refractivity contribution is -0.00832. The standard InChI is InChI=1S/C16H19N7O/c24-15-7-14(16(15)23-6-2-5-19-23)18-9-13-11-22(21-20-13)10-12-3-1-4-17-8-12/h1-6,8,11,14-16,18,24H,7,9-10H2/t14-,15+,16+/m0/s1. The van der Waals surface area contributed by atoms with Gasteiger partial charge in [-0.15, -0.1) is 5.10 Å². The molecule has 0 unspecified atom stereocenters. The Morgan fingerprint density at radius 1 is 1.29 bits per heavy atom. The van der Waals surface area contributed by atoms with Gasteiger partial charge in [0, 0.05) is 37.4 Å². The lowest BCUT2D eigenvalue weighted by Gasteiger charge is -2.42. The van der Waals surface area contributed by atoms with E-state index in [0.29, 0.717) is 19.5 Å². The Morgan fingerprint density at radius 2 is 2.25 bits per heavy atom. The zero-order chi connectivity index (χ0) is 16.4. The second kappa shape index (κ2) is 6.50. The van der Waals surface area contributed by atoms with Gasteiger partial charge in [0.05, 0.1) is 30.6 Å². The highest BCUT2D eigenvalue weighted by atomic mass is 16.3. The van der Waals surface area contributed by atoms with E-state index >= 15 is 0 Å². The molecule has 0 aromatic carbocycles. The average molecular weight is 325 g/mol. The number of rotatable bonds is 6. The SMILES string of the molecule is O[C@@H]1C[C@H](NCc2cn(Cc3cccnc3)nn2)[C@H]1n1cccn1. The Balaban J connectivity index is 1.34. The molecule has 0 spiro atoms. The number of aliphatic hydroxyl groups excluding tert-OH is 1. The van der Waals surface area contributed by atoms with E-state index < -0.39 is 0 Å². The van der Waals surface area contributed by atoms with Gasteiger partial charge >= 0.3 is 0 Å². The van der Waals surface area contributed by atoms with Crippen LogP contribution in [0.4, 0.5) is 0 Å². The van der Waals surface area contributed by atoms with E-state index in [1.54, 1.807) is 17.1 Å². The van der Waals surface area contributed by atoms with Crippen molar-refractivity contribution in [2.45, 2.75) is 37.7 Å². The fourth-order valence-electron chi connectivity index (χ4n) is 3.04. The summed E-state index contributed by atoms with van der Waals surface area (Å²) in [5, 5.41) is 26.0. The van der Waals surface area contributed by atoms with Gasteiger partial charge in [-0.1, -0.05) is 11.3 Å². The molecule has 1 aliphatic carbocycles. The van der Waals surface area contributed by atoms with Crippen LogP contribution in [-0.2, 0) is 13.1 Å². The van der Waals surface area contributed by atoms with E-state index in [-0.39, 0.29) is 18.2 Å². The molecular formula is C16H19N7O. The van der Waals surface area contributed by atoms with Gasteiger partial charge in [-0.2, -0.15) is 5.10 Å². The van der Waals surface area contributed by atoms with Gasteiger partial charge in [-0.3, -0.25) is 9.67 Å². The molecule has 24 heavy (non-hydrogen) atoms. The van der Waals surface area contributed by atoms with E-state index in [0.717, 1.165) is 11.3 Å². The van der Waals surface area contributed by atoms with Crippen LogP contribution < -0.4 is 5.32 Å². The van der Waals surface area contributed by atoms with Gasteiger partial charge < -0.3 is 10.4 Å². The van der Waals surface area contributed by atoms with Crippen LogP contribution in [0.2, 0.25) is 0 Å². The molecule has 3 atom stereocenters. The van der Waals surface area contributed by atoms with Crippen LogP contribution >= 0.6 is 0 Å². The fraction of sp³-hybridized carbons (Fsp3) is 0.375. The summed E-state index contributed by atoms with van der Waals surface area (Å²) < 4.78 is 3.61. The largest absolute Gasteiger partial charge is 0.391 e. The third kappa shape index (κ3) is 3.06. The summed E-state index contributed by atoms with van der Waals surface area (Å²) in [5.41, 5.74) is 1.96. The minimum Gasteiger partial charge on any atom is -0.391 e. The summed E-state index contributed by atoms with van der Waals surface area (Å²) in [6.45, 7) is 1.26. The molecule has 1 aliphatic rings. The number of hydrogen-bond acceptors (Lipinski definition) is 6. The minimum atomic E-state index is -0.358. The lowest BCUT2D eigenvalue weighted by atomic mass is 9.83. The van der Waals surface area contributed by atoms with Crippen molar-refractivity contribution in [3.8, 4) is 0 Å². The average Bonchev–Trinajstić information content (AvgIpc) is 3.24. The van der Waals surface area contributed by atoms with E-state index in [4.69, 9.17) is 0 Å². The third-order valence-corrected chi connectivity index (χ3v) is 4.33. The Kier molecular flexibility index (Phi) is 4.06. The van der Waals surface area contributed by atoms with Gasteiger partial charge in [0.15, 0.2) is 0 Å². The van der Waals surface area contributed by atoms with Crippen molar-refractivity contribution in [2.75, 3.05) is 0 Å². The molecule has 0 bridgehead atoms. The molecule has 1 fully saturated rings. The molecule has 0 aliphatic heterocycles. The van der Waals surface area contributed by atoms with Crippen molar-refractivity contribution < 1.29 is 5.11 Å². The Morgan fingerprint density at radius 3 is 3.00 bits per heavy atom. The van der Waals surface area contributed by atoms with Crippen molar-refractivity contribution in [2.24, 2.45) is 0 Å². The van der Waals surface area contributed by atoms with Crippen molar-refractivity contribution >= 4 is 0 Å². The summed E-state index contributed by atoms with van der Waals surface area (Å²) in [5.74, 6) is 0. The molecule has 3 aromatic rings. The van der Waals surface area contributed by atoms with Gasteiger partial charge in [0.25, 0.3) is 0 Å². The van der Waals surface area contributed by atoms with Crippen LogP contribution in [0.3, 0.4) is 0 Å². The Bertz CT molecular complexity index is 771. The van der Waals surface area contributed by atoms with Crippen molar-refractivity contribution in [3.63, 3.8) is 0 Å². The Hall–Kier alpha value is -2.58. The minimum absolute atomic E-state index is 0.0227. The molecule has 124 valence electrons. The maximum absolute atomic E-state index is 9.98. The highest BCUT2D eigenvalue weighted by Crippen LogP contribution is 2.32. The predicted molar refractivity (Wildman–Crippen MR) is 85.9 cm³/mol. The van der Waals surface area contributed by atoms with Crippen LogP contribution in [0.25, 0.3) is 0 Å². The normalized spacial score (nSPS) is 23.1. The van der Waals surface area contributed by atoms with Crippen LogP contribution in [0, 0.1) is 0 Å². The number of aromatic nitrogens is 6. The quantitative estimate of drug-likeness (QED) is 0.681. The zero-order valence-corrected chi connectivity index (χ0v) is 13.1.